The summed E-state index contributed by atoms with van der Waals surface area (Å²) in [6, 6.07) is 7.56. The maximum absolute atomic E-state index is 12.0. The average Bonchev–Trinajstić information content (AvgIpc) is 2.73. The van der Waals surface area contributed by atoms with E-state index in [9.17, 15) is 9.59 Å². The van der Waals surface area contributed by atoms with Crippen molar-refractivity contribution in [1.82, 2.24) is 0 Å². The predicted octanol–water partition coefficient (Wildman–Crippen LogP) is 2.72. The summed E-state index contributed by atoms with van der Waals surface area (Å²) in [7, 11) is 0. The summed E-state index contributed by atoms with van der Waals surface area (Å²) in [5.74, 6) is 0.104. The SMILES string of the molecule is CC(C)C(=O)c1ccc2c(c1)CC(=O)N2CCCC#N. The number of ketones is 1. The molecule has 0 spiro atoms. The van der Waals surface area contributed by atoms with Crippen molar-refractivity contribution in [3.8, 4) is 6.07 Å². The lowest BCUT2D eigenvalue weighted by molar-refractivity contribution is -0.117. The number of Topliss-reactive ketones (excluding diaryl/α,β-unsaturated/α-hetero) is 1. The number of anilines is 1. The number of carbonyl (C=O) groups excluding carboxylic acids is 2. The molecule has 0 radical (unpaired) electrons. The summed E-state index contributed by atoms with van der Waals surface area (Å²) in [5.41, 5.74) is 2.47. The van der Waals surface area contributed by atoms with Gasteiger partial charge in [0.05, 0.1) is 12.5 Å². The van der Waals surface area contributed by atoms with Crippen LogP contribution in [0.3, 0.4) is 0 Å². The molecule has 0 aliphatic carbocycles. The number of carbonyl (C=O) groups is 2. The van der Waals surface area contributed by atoms with Crippen molar-refractivity contribution in [2.45, 2.75) is 33.1 Å². The number of amides is 1. The predicted molar refractivity (Wildman–Crippen MR) is 76.5 cm³/mol. The van der Waals surface area contributed by atoms with E-state index in [4.69, 9.17) is 5.26 Å². The van der Waals surface area contributed by atoms with Crippen LogP contribution in [0.25, 0.3) is 0 Å². The van der Waals surface area contributed by atoms with E-state index in [1.165, 1.54) is 0 Å². The van der Waals surface area contributed by atoms with Gasteiger partial charge in [-0.15, -0.1) is 0 Å². The van der Waals surface area contributed by atoms with Gasteiger partial charge in [0.2, 0.25) is 5.91 Å². The topological polar surface area (TPSA) is 61.2 Å². The van der Waals surface area contributed by atoms with Crippen LogP contribution in [0.1, 0.15) is 42.6 Å². The average molecular weight is 270 g/mol. The fraction of sp³-hybridized carbons (Fsp3) is 0.438. The fourth-order valence-electron chi connectivity index (χ4n) is 2.43. The van der Waals surface area contributed by atoms with E-state index < -0.39 is 0 Å². The molecule has 0 N–H and O–H groups in total. The van der Waals surface area contributed by atoms with Crippen molar-refractivity contribution in [2.75, 3.05) is 11.4 Å². The third kappa shape index (κ3) is 2.72. The number of hydrogen-bond donors (Lipinski definition) is 0. The summed E-state index contributed by atoms with van der Waals surface area (Å²) < 4.78 is 0. The van der Waals surface area contributed by atoms with Crippen molar-refractivity contribution in [3.63, 3.8) is 0 Å². The molecule has 1 aromatic rings. The fourth-order valence-corrected chi connectivity index (χ4v) is 2.43. The van der Waals surface area contributed by atoms with Gasteiger partial charge in [0.1, 0.15) is 0 Å². The Labute approximate surface area is 119 Å². The highest BCUT2D eigenvalue weighted by atomic mass is 16.2. The number of fused-ring (bicyclic) bond motifs is 1. The lowest BCUT2D eigenvalue weighted by Gasteiger charge is -2.17. The number of unbranched alkanes of at least 4 members (excludes halogenated alkanes) is 1. The molecular weight excluding hydrogens is 252 g/mol. The standard InChI is InChI=1S/C16H18N2O2/c1-11(2)16(20)12-5-6-14-13(9-12)10-15(19)18(14)8-4-3-7-17/h5-6,9,11H,3-4,8,10H2,1-2H3. The van der Waals surface area contributed by atoms with Gasteiger partial charge in [-0.1, -0.05) is 13.8 Å². The minimum atomic E-state index is -0.0445. The van der Waals surface area contributed by atoms with Crippen LogP contribution in [0.15, 0.2) is 18.2 Å². The molecule has 1 heterocycles. The van der Waals surface area contributed by atoms with Crippen molar-refractivity contribution in [2.24, 2.45) is 5.92 Å². The largest absolute Gasteiger partial charge is 0.312 e. The molecule has 20 heavy (non-hydrogen) atoms. The van der Waals surface area contributed by atoms with E-state index >= 15 is 0 Å². The van der Waals surface area contributed by atoms with E-state index in [-0.39, 0.29) is 17.6 Å². The van der Waals surface area contributed by atoms with Gasteiger partial charge in [-0.2, -0.15) is 5.26 Å². The highest BCUT2D eigenvalue weighted by Crippen LogP contribution is 2.30. The minimum Gasteiger partial charge on any atom is -0.312 e. The smallest absolute Gasteiger partial charge is 0.231 e. The van der Waals surface area contributed by atoms with Crippen molar-refractivity contribution in [3.05, 3.63) is 29.3 Å². The second-order valence-electron chi connectivity index (χ2n) is 5.35. The highest BCUT2D eigenvalue weighted by molar-refractivity contribution is 6.04. The Kier molecular flexibility index (Phi) is 4.19. The molecule has 0 bridgehead atoms. The quantitative estimate of drug-likeness (QED) is 0.610. The molecule has 2 rings (SSSR count). The van der Waals surface area contributed by atoms with Gasteiger partial charge < -0.3 is 4.90 Å². The number of rotatable bonds is 5. The van der Waals surface area contributed by atoms with E-state index in [0.29, 0.717) is 31.4 Å². The molecule has 0 aromatic heterocycles. The molecule has 1 aliphatic rings. The van der Waals surface area contributed by atoms with Crippen LogP contribution < -0.4 is 4.90 Å². The van der Waals surface area contributed by atoms with E-state index in [1.807, 2.05) is 26.0 Å². The summed E-state index contributed by atoms with van der Waals surface area (Å²) in [4.78, 5) is 25.7. The second-order valence-corrected chi connectivity index (χ2v) is 5.35. The number of benzene rings is 1. The van der Waals surface area contributed by atoms with E-state index in [0.717, 1.165) is 11.3 Å². The normalized spacial score (nSPS) is 13.5. The Bertz CT molecular complexity index is 585. The molecule has 104 valence electrons. The van der Waals surface area contributed by atoms with Crippen LogP contribution in [0.2, 0.25) is 0 Å². The molecule has 0 unspecified atom stereocenters. The zero-order valence-corrected chi connectivity index (χ0v) is 11.8. The highest BCUT2D eigenvalue weighted by Gasteiger charge is 2.27. The maximum atomic E-state index is 12.0. The van der Waals surface area contributed by atoms with Gasteiger partial charge >= 0.3 is 0 Å². The van der Waals surface area contributed by atoms with Crippen LogP contribution in [0.4, 0.5) is 5.69 Å². The molecule has 1 aliphatic heterocycles. The van der Waals surface area contributed by atoms with Gasteiger partial charge in [0, 0.05) is 30.1 Å². The molecule has 4 heteroatoms. The zero-order valence-electron chi connectivity index (χ0n) is 11.8. The van der Waals surface area contributed by atoms with Crippen molar-refractivity contribution < 1.29 is 9.59 Å². The minimum absolute atomic E-state index is 0.0445. The Balaban J connectivity index is 2.21. The Morgan fingerprint density at radius 3 is 2.85 bits per heavy atom. The molecule has 0 atom stereocenters. The molecule has 0 saturated heterocycles. The molecular formula is C16H18N2O2. The maximum Gasteiger partial charge on any atom is 0.231 e. The second kappa shape index (κ2) is 5.87. The molecule has 1 amide bonds. The van der Waals surface area contributed by atoms with Gasteiger partial charge in [-0.3, -0.25) is 9.59 Å². The Morgan fingerprint density at radius 2 is 2.20 bits per heavy atom. The third-order valence-corrected chi connectivity index (χ3v) is 3.49. The van der Waals surface area contributed by atoms with Crippen LogP contribution in [0, 0.1) is 17.2 Å². The van der Waals surface area contributed by atoms with E-state index in [1.54, 1.807) is 11.0 Å². The lowest BCUT2D eigenvalue weighted by Crippen LogP contribution is -2.27. The van der Waals surface area contributed by atoms with Gasteiger partial charge in [0.15, 0.2) is 5.78 Å². The van der Waals surface area contributed by atoms with E-state index in [2.05, 4.69) is 6.07 Å². The van der Waals surface area contributed by atoms with Crippen molar-refractivity contribution in [1.29, 1.82) is 5.26 Å². The number of nitrogens with zero attached hydrogens (tertiary/aromatic N) is 2. The van der Waals surface area contributed by atoms with Crippen LogP contribution in [-0.4, -0.2) is 18.2 Å². The van der Waals surface area contributed by atoms with Crippen LogP contribution in [-0.2, 0) is 11.2 Å². The first-order chi connectivity index (χ1) is 9.54. The Morgan fingerprint density at radius 1 is 1.45 bits per heavy atom. The van der Waals surface area contributed by atoms with Gasteiger partial charge in [0.25, 0.3) is 0 Å². The molecule has 1 aromatic carbocycles. The monoisotopic (exact) mass is 270 g/mol. The van der Waals surface area contributed by atoms with Crippen LogP contribution >= 0.6 is 0 Å². The summed E-state index contributed by atoms with van der Waals surface area (Å²) in [6.45, 7) is 4.31. The van der Waals surface area contributed by atoms with Crippen molar-refractivity contribution >= 4 is 17.4 Å². The number of nitriles is 1. The summed E-state index contributed by atoms with van der Waals surface area (Å²) in [5, 5.41) is 8.56. The molecule has 0 fully saturated rings. The molecule has 0 saturated carbocycles. The lowest BCUT2D eigenvalue weighted by atomic mass is 9.98. The first-order valence-corrected chi connectivity index (χ1v) is 6.89. The first kappa shape index (κ1) is 14.3. The molecule has 4 nitrogen and oxygen atoms in total. The third-order valence-electron chi connectivity index (χ3n) is 3.49. The Hall–Kier alpha value is -2.15. The zero-order chi connectivity index (χ0) is 14.7. The number of hydrogen-bond acceptors (Lipinski definition) is 3. The first-order valence-electron chi connectivity index (χ1n) is 6.89. The van der Waals surface area contributed by atoms with Gasteiger partial charge in [-0.05, 0) is 30.2 Å². The summed E-state index contributed by atoms with van der Waals surface area (Å²) in [6.07, 6.45) is 1.47. The van der Waals surface area contributed by atoms with Crippen LogP contribution in [0.5, 0.6) is 0 Å². The van der Waals surface area contributed by atoms with Gasteiger partial charge in [-0.25, -0.2) is 0 Å². The summed E-state index contributed by atoms with van der Waals surface area (Å²) >= 11 is 0.